The molecular formula is C12H20N2O2S2. The molecule has 6 heteroatoms. The molecule has 2 rings (SSSR count). The highest BCUT2D eigenvalue weighted by Gasteiger charge is 2.38. The number of nitrogens with zero attached hydrogens (tertiary/aromatic N) is 1. The van der Waals surface area contributed by atoms with Gasteiger partial charge in [-0.05, 0) is 23.9 Å². The van der Waals surface area contributed by atoms with E-state index in [-0.39, 0.29) is 11.5 Å². The fourth-order valence-corrected chi connectivity index (χ4v) is 5.15. The molecule has 0 fully saturated rings. The minimum Gasteiger partial charge on any atom is -0.315 e. The lowest BCUT2D eigenvalue weighted by atomic mass is 9.87. The van der Waals surface area contributed by atoms with Crippen LogP contribution in [0.4, 0.5) is 0 Å². The van der Waals surface area contributed by atoms with Crippen molar-refractivity contribution in [1.29, 1.82) is 0 Å². The van der Waals surface area contributed by atoms with Crippen molar-refractivity contribution >= 4 is 21.4 Å². The maximum Gasteiger partial charge on any atom is 0.244 e. The van der Waals surface area contributed by atoms with Crippen LogP contribution in [0.25, 0.3) is 0 Å². The van der Waals surface area contributed by atoms with Gasteiger partial charge in [0.25, 0.3) is 0 Å². The Morgan fingerprint density at radius 2 is 2.17 bits per heavy atom. The van der Waals surface area contributed by atoms with Crippen molar-refractivity contribution in [3.63, 3.8) is 0 Å². The van der Waals surface area contributed by atoms with Crippen LogP contribution >= 0.6 is 11.3 Å². The van der Waals surface area contributed by atoms with Crippen LogP contribution in [0.2, 0.25) is 0 Å². The molecule has 0 amide bonds. The van der Waals surface area contributed by atoms with Gasteiger partial charge in [-0.1, -0.05) is 20.8 Å². The van der Waals surface area contributed by atoms with Crippen LogP contribution in [0.15, 0.2) is 16.3 Å². The van der Waals surface area contributed by atoms with Gasteiger partial charge >= 0.3 is 0 Å². The maximum atomic E-state index is 12.3. The van der Waals surface area contributed by atoms with Crippen LogP contribution in [-0.2, 0) is 16.6 Å². The van der Waals surface area contributed by atoms with E-state index in [9.17, 15) is 8.42 Å². The summed E-state index contributed by atoms with van der Waals surface area (Å²) in [4.78, 5) is 1.45. The van der Waals surface area contributed by atoms with Crippen molar-refractivity contribution in [2.75, 3.05) is 13.6 Å². The highest BCUT2D eigenvalue weighted by atomic mass is 32.2. The Labute approximate surface area is 113 Å². The molecule has 1 N–H and O–H groups in total. The van der Waals surface area contributed by atoms with Gasteiger partial charge in [0.2, 0.25) is 10.0 Å². The van der Waals surface area contributed by atoms with Gasteiger partial charge in [-0.15, -0.1) is 11.3 Å². The van der Waals surface area contributed by atoms with E-state index in [0.29, 0.717) is 18.0 Å². The van der Waals surface area contributed by atoms with Crippen molar-refractivity contribution in [3.8, 4) is 0 Å². The van der Waals surface area contributed by atoms with Crippen molar-refractivity contribution in [2.45, 2.75) is 38.3 Å². The summed E-state index contributed by atoms with van der Waals surface area (Å²) in [6, 6.07) is 1.85. The highest BCUT2D eigenvalue weighted by molar-refractivity contribution is 7.89. The lowest BCUT2D eigenvalue weighted by Crippen LogP contribution is -2.47. The number of sulfonamides is 1. The molecule has 102 valence electrons. The van der Waals surface area contributed by atoms with Crippen molar-refractivity contribution in [3.05, 3.63) is 16.3 Å². The van der Waals surface area contributed by atoms with Crippen LogP contribution in [0.5, 0.6) is 0 Å². The standard InChI is InChI=1S/C12H20N2O2S2/c1-12(2,3)11(13-4)8-14-7-9-10(5-6-17-9)18(14,15)16/h5-6,11,13H,7-8H2,1-4H3/t11-/m1/s1. The molecule has 0 bridgehead atoms. The summed E-state index contributed by atoms with van der Waals surface area (Å²) in [5.41, 5.74) is 0.0281. The Hall–Kier alpha value is -0.430. The summed E-state index contributed by atoms with van der Waals surface area (Å²) < 4.78 is 26.2. The zero-order valence-corrected chi connectivity index (χ0v) is 12.9. The van der Waals surface area contributed by atoms with Gasteiger partial charge in [0, 0.05) is 24.0 Å². The van der Waals surface area contributed by atoms with Gasteiger partial charge in [0.05, 0.1) is 4.90 Å². The van der Waals surface area contributed by atoms with E-state index in [0.717, 1.165) is 4.88 Å². The van der Waals surface area contributed by atoms with Gasteiger partial charge in [-0.3, -0.25) is 0 Å². The number of hydrogen-bond acceptors (Lipinski definition) is 4. The molecule has 4 nitrogen and oxygen atoms in total. The summed E-state index contributed by atoms with van der Waals surface area (Å²) in [7, 11) is -1.38. The second-order valence-electron chi connectivity index (χ2n) is 5.71. The Balaban J connectivity index is 2.21. The van der Waals surface area contributed by atoms with Gasteiger partial charge in [0.15, 0.2) is 0 Å². The monoisotopic (exact) mass is 288 g/mol. The first kappa shape index (κ1) is 14.0. The zero-order chi connectivity index (χ0) is 13.6. The van der Waals surface area contributed by atoms with Crippen LogP contribution in [0.1, 0.15) is 25.6 Å². The number of nitrogens with one attached hydrogen (secondary N) is 1. The normalized spacial score (nSPS) is 20.9. The molecule has 0 unspecified atom stereocenters. The number of fused-ring (bicyclic) bond motifs is 1. The van der Waals surface area contributed by atoms with Gasteiger partial charge < -0.3 is 5.32 Å². The van der Waals surface area contributed by atoms with E-state index < -0.39 is 10.0 Å². The van der Waals surface area contributed by atoms with E-state index in [1.807, 2.05) is 12.4 Å². The second kappa shape index (κ2) is 4.59. The fraction of sp³-hybridized carbons (Fsp3) is 0.667. The Bertz CT molecular complexity index is 529. The second-order valence-corrected chi connectivity index (χ2v) is 8.62. The lowest BCUT2D eigenvalue weighted by Gasteiger charge is -2.33. The minimum atomic E-state index is -3.26. The topological polar surface area (TPSA) is 49.4 Å². The summed E-state index contributed by atoms with van der Waals surface area (Å²) >= 11 is 1.52. The first-order valence-electron chi connectivity index (χ1n) is 6.00. The average Bonchev–Trinajstić information content (AvgIpc) is 2.77. The molecule has 1 aliphatic heterocycles. The average molecular weight is 288 g/mol. The molecule has 18 heavy (non-hydrogen) atoms. The third-order valence-electron chi connectivity index (χ3n) is 3.42. The largest absolute Gasteiger partial charge is 0.315 e. The first-order chi connectivity index (χ1) is 8.26. The Morgan fingerprint density at radius 3 is 2.67 bits per heavy atom. The van der Waals surface area contributed by atoms with Crippen molar-refractivity contribution < 1.29 is 8.42 Å². The molecule has 0 spiro atoms. The Morgan fingerprint density at radius 1 is 1.50 bits per heavy atom. The fourth-order valence-electron chi connectivity index (χ4n) is 2.22. The molecule has 1 aromatic heterocycles. The van der Waals surface area contributed by atoms with E-state index in [4.69, 9.17) is 0 Å². The molecule has 1 atom stereocenters. The summed E-state index contributed by atoms with van der Waals surface area (Å²) in [6.07, 6.45) is 0. The van der Waals surface area contributed by atoms with E-state index in [1.165, 1.54) is 11.3 Å². The SMILES string of the molecule is CN[C@H](CN1Cc2sccc2S1(=O)=O)C(C)(C)C. The molecular weight excluding hydrogens is 268 g/mol. The van der Waals surface area contributed by atoms with Gasteiger partial charge in [0.1, 0.15) is 0 Å². The van der Waals surface area contributed by atoms with Crippen LogP contribution < -0.4 is 5.32 Å². The van der Waals surface area contributed by atoms with Crippen LogP contribution in [0, 0.1) is 5.41 Å². The van der Waals surface area contributed by atoms with Crippen molar-refractivity contribution in [1.82, 2.24) is 9.62 Å². The smallest absolute Gasteiger partial charge is 0.244 e. The molecule has 0 aromatic carbocycles. The first-order valence-corrected chi connectivity index (χ1v) is 8.32. The predicted molar refractivity (Wildman–Crippen MR) is 74.2 cm³/mol. The molecule has 2 heterocycles. The minimum absolute atomic E-state index is 0.0281. The zero-order valence-electron chi connectivity index (χ0n) is 11.2. The van der Waals surface area contributed by atoms with Gasteiger partial charge in [-0.25, -0.2) is 8.42 Å². The third-order valence-corrected chi connectivity index (χ3v) is 6.35. The highest BCUT2D eigenvalue weighted by Crippen LogP contribution is 2.35. The molecule has 1 aromatic rings. The van der Waals surface area contributed by atoms with Gasteiger partial charge in [-0.2, -0.15) is 4.31 Å². The molecule has 1 aliphatic rings. The number of thiophene rings is 1. The van der Waals surface area contributed by atoms with E-state index >= 15 is 0 Å². The van der Waals surface area contributed by atoms with Crippen molar-refractivity contribution in [2.24, 2.45) is 5.41 Å². The Kier molecular flexibility index (Phi) is 3.57. The predicted octanol–water partition coefficient (Wildman–Crippen LogP) is 1.89. The number of hydrogen-bond donors (Lipinski definition) is 1. The van der Waals surface area contributed by atoms with E-state index in [2.05, 4.69) is 26.1 Å². The quantitative estimate of drug-likeness (QED) is 0.924. The molecule has 0 aliphatic carbocycles. The molecule has 0 saturated heterocycles. The maximum absolute atomic E-state index is 12.3. The lowest BCUT2D eigenvalue weighted by molar-refractivity contribution is 0.235. The number of rotatable bonds is 3. The molecule has 0 saturated carbocycles. The summed E-state index contributed by atoms with van der Waals surface area (Å²) in [5, 5.41) is 5.07. The van der Waals surface area contributed by atoms with Crippen LogP contribution in [-0.4, -0.2) is 32.4 Å². The molecule has 0 radical (unpaired) electrons. The summed E-state index contributed by atoms with van der Waals surface area (Å²) in [5.74, 6) is 0. The van der Waals surface area contributed by atoms with Crippen LogP contribution in [0.3, 0.4) is 0 Å². The third kappa shape index (κ3) is 2.34. The number of likely N-dealkylation sites (N-methyl/N-ethyl adjacent to an activating group) is 1. The summed E-state index contributed by atoms with van der Waals surface area (Å²) in [6.45, 7) is 7.39. The van der Waals surface area contributed by atoms with E-state index in [1.54, 1.807) is 10.4 Å².